The number of hydrogen-bond acceptors (Lipinski definition) is 5. The molecule has 150 valence electrons. The monoisotopic (exact) mass is 402 g/mol. The van der Waals surface area contributed by atoms with Crippen LogP contribution in [0.15, 0.2) is 24.3 Å². The first kappa shape index (κ1) is 19.3. The Kier molecular flexibility index (Phi) is 6.20. The Balaban J connectivity index is 1.23. The number of piperidine rings is 1. The van der Waals surface area contributed by atoms with E-state index in [4.69, 9.17) is 0 Å². The van der Waals surface area contributed by atoms with E-state index in [1.807, 2.05) is 0 Å². The van der Waals surface area contributed by atoms with E-state index in [1.54, 1.807) is 12.1 Å². The number of carbonyl (C=O) groups is 1. The minimum Gasteiger partial charge on any atom is -0.356 e. The molecule has 0 bridgehead atoms. The molecule has 0 unspecified atom stereocenters. The first-order valence-corrected chi connectivity index (χ1v) is 11.0. The molecule has 1 amide bonds. The number of rotatable bonds is 6. The highest BCUT2D eigenvalue weighted by Crippen LogP contribution is 2.27. The summed E-state index contributed by atoms with van der Waals surface area (Å²) in [5, 5.41) is 4.14. The molecular weight excluding hydrogens is 375 g/mol. The van der Waals surface area contributed by atoms with Crippen molar-refractivity contribution in [2.45, 2.75) is 44.9 Å². The number of carbonyl (C=O) groups excluding carboxylic acids is 1. The van der Waals surface area contributed by atoms with E-state index < -0.39 is 0 Å². The average molecular weight is 403 g/mol. The van der Waals surface area contributed by atoms with Crippen molar-refractivity contribution in [3.05, 3.63) is 41.5 Å². The molecule has 5 nitrogen and oxygen atoms in total. The summed E-state index contributed by atoms with van der Waals surface area (Å²) < 4.78 is 17.5. The summed E-state index contributed by atoms with van der Waals surface area (Å²) in [6.45, 7) is 2.71. The largest absolute Gasteiger partial charge is 0.356 e. The number of anilines is 1. The molecule has 2 aromatic rings. The second kappa shape index (κ2) is 8.99. The lowest BCUT2D eigenvalue weighted by Crippen LogP contribution is -2.40. The first-order valence-electron chi connectivity index (χ1n) is 10.3. The van der Waals surface area contributed by atoms with Gasteiger partial charge in [0.1, 0.15) is 11.6 Å². The fourth-order valence-corrected chi connectivity index (χ4v) is 4.87. The van der Waals surface area contributed by atoms with Gasteiger partial charge in [-0.25, -0.2) is 9.37 Å². The van der Waals surface area contributed by atoms with Crippen LogP contribution in [0.4, 0.5) is 9.52 Å². The van der Waals surface area contributed by atoms with Gasteiger partial charge >= 0.3 is 0 Å². The van der Waals surface area contributed by atoms with Gasteiger partial charge in [-0.1, -0.05) is 25.0 Å². The number of amides is 1. The summed E-state index contributed by atoms with van der Waals surface area (Å²) in [5.41, 5.74) is 1.02. The van der Waals surface area contributed by atoms with Gasteiger partial charge in [0.25, 0.3) is 0 Å². The number of nitrogens with one attached hydrogen (secondary N) is 1. The predicted octanol–water partition coefficient (Wildman–Crippen LogP) is 3.79. The van der Waals surface area contributed by atoms with E-state index in [9.17, 15) is 9.18 Å². The Morgan fingerprint density at radius 2 is 1.86 bits per heavy atom. The molecule has 1 aromatic carbocycles. The summed E-state index contributed by atoms with van der Waals surface area (Å²) in [7, 11) is 0. The summed E-state index contributed by atoms with van der Waals surface area (Å²) in [4.78, 5) is 19.2. The number of benzene rings is 1. The third kappa shape index (κ3) is 4.87. The zero-order chi connectivity index (χ0) is 19.3. The van der Waals surface area contributed by atoms with Crippen molar-refractivity contribution in [2.75, 3.05) is 24.5 Å². The molecule has 1 N–H and O–H groups in total. The highest BCUT2D eigenvalue weighted by Gasteiger charge is 2.25. The number of hydrogen-bond donors (Lipinski definition) is 1. The third-order valence-electron chi connectivity index (χ3n) is 5.91. The van der Waals surface area contributed by atoms with Crippen molar-refractivity contribution < 1.29 is 9.18 Å². The summed E-state index contributed by atoms with van der Waals surface area (Å²) >= 11 is 1.44. The van der Waals surface area contributed by atoms with Crippen molar-refractivity contribution in [2.24, 2.45) is 11.8 Å². The Morgan fingerprint density at radius 3 is 2.57 bits per heavy atom. The zero-order valence-electron chi connectivity index (χ0n) is 16.1. The minimum absolute atomic E-state index is 0.224. The fourth-order valence-electron chi connectivity index (χ4n) is 4.14. The van der Waals surface area contributed by atoms with Crippen LogP contribution in [0.5, 0.6) is 0 Å². The van der Waals surface area contributed by atoms with Crippen LogP contribution in [0.25, 0.3) is 0 Å². The topological polar surface area (TPSA) is 58.1 Å². The van der Waals surface area contributed by atoms with Gasteiger partial charge in [-0.05, 0) is 49.3 Å². The lowest BCUT2D eigenvalue weighted by atomic mass is 9.96. The van der Waals surface area contributed by atoms with Crippen LogP contribution in [-0.4, -0.2) is 34.9 Å². The maximum atomic E-state index is 13.0. The molecule has 2 heterocycles. The molecule has 28 heavy (non-hydrogen) atoms. The van der Waals surface area contributed by atoms with Crippen LogP contribution in [-0.2, 0) is 11.2 Å². The van der Waals surface area contributed by atoms with E-state index >= 15 is 0 Å². The lowest BCUT2D eigenvalue weighted by molar-refractivity contribution is -0.125. The average Bonchev–Trinajstić information content (AvgIpc) is 3.41. The summed E-state index contributed by atoms with van der Waals surface area (Å²) in [6, 6.07) is 6.50. The first-order chi connectivity index (χ1) is 13.7. The van der Waals surface area contributed by atoms with E-state index in [0.29, 0.717) is 12.3 Å². The summed E-state index contributed by atoms with van der Waals surface area (Å²) in [6.07, 6.45) is 7.27. The molecule has 0 spiro atoms. The number of nitrogens with zero attached hydrogens (tertiary/aromatic N) is 3. The summed E-state index contributed by atoms with van der Waals surface area (Å²) in [5.74, 6) is 1.62. The van der Waals surface area contributed by atoms with Gasteiger partial charge in [-0.2, -0.15) is 4.37 Å². The van der Waals surface area contributed by atoms with Crippen molar-refractivity contribution >= 4 is 22.6 Å². The molecule has 1 aliphatic heterocycles. The molecule has 1 saturated carbocycles. The van der Waals surface area contributed by atoms with E-state index in [2.05, 4.69) is 19.6 Å². The van der Waals surface area contributed by atoms with Crippen molar-refractivity contribution in [1.82, 2.24) is 14.7 Å². The standard InChI is InChI=1S/C21H27FN4OS/c22-18-7-5-15(6-8-18)13-19-24-21(28-25-19)26-11-9-16(10-12-26)14-23-20(27)17-3-1-2-4-17/h5-8,16-17H,1-4,9-14H2,(H,23,27). The normalized spacial score (nSPS) is 18.5. The molecule has 7 heteroatoms. The van der Waals surface area contributed by atoms with E-state index in [-0.39, 0.29) is 17.6 Å². The molecule has 4 rings (SSSR count). The molecule has 1 aromatic heterocycles. The van der Waals surface area contributed by atoms with Crippen molar-refractivity contribution in [1.29, 1.82) is 0 Å². The predicted molar refractivity (Wildman–Crippen MR) is 109 cm³/mol. The van der Waals surface area contributed by atoms with Crippen LogP contribution < -0.4 is 10.2 Å². The molecule has 2 fully saturated rings. The smallest absolute Gasteiger partial charge is 0.223 e. The third-order valence-corrected chi connectivity index (χ3v) is 6.72. The van der Waals surface area contributed by atoms with Gasteiger partial charge in [-0.15, -0.1) is 0 Å². The Labute approximate surface area is 169 Å². The second-order valence-corrected chi connectivity index (χ2v) is 8.68. The maximum Gasteiger partial charge on any atom is 0.223 e. The van der Waals surface area contributed by atoms with Gasteiger partial charge < -0.3 is 10.2 Å². The number of halogens is 1. The Morgan fingerprint density at radius 1 is 1.14 bits per heavy atom. The fraction of sp³-hybridized carbons (Fsp3) is 0.571. The number of aromatic nitrogens is 2. The van der Waals surface area contributed by atoms with Crippen LogP contribution in [0.2, 0.25) is 0 Å². The maximum absolute atomic E-state index is 13.0. The van der Waals surface area contributed by atoms with Crippen LogP contribution >= 0.6 is 11.5 Å². The van der Waals surface area contributed by atoms with Crippen molar-refractivity contribution in [3.63, 3.8) is 0 Å². The van der Waals surface area contributed by atoms with E-state index in [1.165, 1.54) is 36.5 Å². The molecule has 0 atom stereocenters. The highest BCUT2D eigenvalue weighted by atomic mass is 32.1. The van der Waals surface area contributed by atoms with Crippen LogP contribution in [0, 0.1) is 17.7 Å². The molecule has 0 radical (unpaired) electrons. The van der Waals surface area contributed by atoms with Gasteiger partial charge in [0.2, 0.25) is 11.0 Å². The molecule has 1 aliphatic carbocycles. The Bertz CT molecular complexity index is 780. The molecule has 2 aliphatic rings. The van der Waals surface area contributed by atoms with Gasteiger partial charge in [0.05, 0.1) is 0 Å². The van der Waals surface area contributed by atoms with Crippen LogP contribution in [0.3, 0.4) is 0 Å². The SMILES string of the molecule is O=C(NCC1CCN(c2nc(Cc3ccc(F)cc3)ns2)CC1)C1CCCC1. The van der Waals surface area contributed by atoms with Gasteiger partial charge in [0, 0.05) is 43.5 Å². The molecule has 1 saturated heterocycles. The van der Waals surface area contributed by atoms with Gasteiger partial charge in [-0.3, -0.25) is 4.79 Å². The van der Waals surface area contributed by atoms with Crippen LogP contribution in [0.1, 0.15) is 49.9 Å². The Hall–Kier alpha value is -2.02. The lowest BCUT2D eigenvalue weighted by Gasteiger charge is -2.31. The van der Waals surface area contributed by atoms with E-state index in [0.717, 1.165) is 61.8 Å². The van der Waals surface area contributed by atoms with Gasteiger partial charge in [0.15, 0.2) is 0 Å². The molecular formula is C21H27FN4OS. The zero-order valence-corrected chi connectivity index (χ0v) is 16.9. The van der Waals surface area contributed by atoms with Crippen molar-refractivity contribution in [3.8, 4) is 0 Å². The minimum atomic E-state index is -0.224. The second-order valence-electron chi connectivity index (χ2n) is 7.95. The highest BCUT2D eigenvalue weighted by molar-refractivity contribution is 7.09. The quantitative estimate of drug-likeness (QED) is 0.799.